The van der Waals surface area contributed by atoms with E-state index in [0.717, 1.165) is 18.4 Å². The van der Waals surface area contributed by atoms with Crippen molar-refractivity contribution in [1.82, 2.24) is 0 Å². The van der Waals surface area contributed by atoms with E-state index in [9.17, 15) is 5.11 Å². The average Bonchev–Trinajstić information content (AvgIpc) is 3.05. The van der Waals surface area contributed by atoms with Crippen LogP contribution in [-0.2, 0) is 0 Å². The molecule has 0 aromatic heterocycles. The van der Waals surface area contributed by atoms with Gasteiger partial charge in [0.05, 0.1) is 11.5 Å². The monoisotopic (exact) mass is 212 g/mol. The first-order valence-corrected chi connectivity index (χ1v) is 6.07. The van der Waals surface area contributed by atoms with Gasteiger partial charge in [-0.2, -0.15) is 0 Å². The van der Waals surface area contributed by atoms with E-state index < -0.39 is 0 Å². The van der Waals surface area contributed by atoms with Crippen molar-refractivity contribution in [2.24, 2.45) is 11.3 Å². The Morgan fingerprint density at radius 1 is 1.19 bits per heavy atom. The van der Waals surface area contributed by atoms with E-state index in [0.29, 0.717) is 5.92 Å². The molecule has 2 aliphatic rings. The van der Waals surface area contributed by atoms with Gasteiger partial charge in [0.2, 0.25) is 0 Å². The molecule has 0 unspecified atom stereocenters. The Morgan fingerprint density at radius 2 is 2.00 bits per heavy atom. The van der Waals surface area contributed by atoms with Gasteiger partial charge >= 0.3 is 0 Å². The molecule has 1 nitrogen and oxygen atoms in total. The number of benzene rings is 1. The van der Waals surface area contributed by atoms with Crippen molar-refractivity contribution in [3.8, 4) is 11.8 Å². The molecular formula is C15H16O. The number of hydrogen-bond donors (Lipinski definition) is 1. The largest absolute Gasteiger partial charge is 0.392 e. The van der Waals surface area contributed by atoms with E-state index in [-0.39, 0.29) is 11.5 Å². The van der Waals surface area contributed by atoms with E-state index in [2.05, 4.69) is 11.8 Å². The molecule has 2 fully saturated rings. The van der Waals surface area contributed by atoms with E-state index >= 15 is 0 Å². The van der Waals surface area contributed by atoms with Crippen molar-refractivity contribution in [1.29, 1.82) is 0 Å². The summed E-state index contributed by atoms with van der Waals surface area (Å²) in [5.74, 6) is 7.21. The number of aliphatic hydroxyl groups is 1. The molecule has 1 heteroatoms. The highest BCUT2D eigenvalue weighted by molar-refractivity contribution is 5.38. The molecule has 0 amide bonds. The SMILES string of the molecule is O[C@@H]1CCC[C@H]2C[C@]21C#Cc1ccccc1. The number of aliphatic hydroxyl groups excluding tert-OH is 1. The first-order chi connectivity index (χ1) is 7.81. The summed E-state index contributed by atoms with van der Waals surface area (Å²) in [4.78, 5) is 0. The molecule has 2 saturated carbocycles. The van der Waals surface area contributed by atoms with Crippen molar-refractivity contribution in [3.63, 3.8) is 0 Å². The Bertz CT molecular complexity index is 439. The van der Waals surface area contributed by atoms with Gasteiger partial charge in [0.25, 0.3) is 0 Å². The van der Waals surface area contributed by atoms with Crippen LogP contribution in [0.5, 0.6) is 0 Å². The van der Waals surface area contributed by atoms with Crippen molar-refractivity contribution < 1.29 is 5.11 Å². The third-order valence-electron chi connectivity index (χ3n) is 3.99. The Hall–Kier alpha value is -1.26. The van der Waals surface area contributed by atoms with E-state index in [1.54, 1.807) is 0 Å². The average molecular weight is 212 g/mol. The summed E-state index contributed by atoms with van der Waals surface area (Å²) in [6, 6.07) is 10.1. The first kappa shape index (κ1) is 9.93. The maximum Gasteiger partial charge on any atom is 0.0708 e. The fourth-order valence-corrected chi connectivity index (χ4v) is 2.88. The summed E-state index contributed by atoms with van der Waals surface area (Å²) in [6.07, 6.45) is 4.26. The summed E-state index contributed by atoms with van der Waals surface area (Å²) in [7, 11) is 0. The van der Waals surface area contributed by atoms with Gasteiger partial charge in [-0.3, -0.25) is 0 Å². The van der Waals surface area contributed by atoms with Gasteiger partial charge in [-0.25, -0.2) is 0 Å². The van der Waals surface area contributed by atoms with E-state index in [1.165, 1.54) is 12.8 Å². The quantitative estimate of drug-likeness (QED) is 0.655. The molecule has 0 heterocycles. The van der Waals surface area contributed by atoms with Crippen LogP contribution in [0.3, 0.4) is 0 Å². The summed E-state index contributed by atoms with van der Waals surface area (Å²) < 4.78 is 0. The minimum absolute atomic E-state index is 0.0475. The molecule has 82 valence electrons. The topological polar surface area (TPSA) is 20.2 Å². The lowest BCUT2D eigenvalue weighted by atomic mass is 9.86. The zero-order valence-corrected chi connectivity index (χ0v) is 9.32. The van der Waals surface area contributed by atoms with Gasteiger partial charge in [-0.1, -0.05) is 36.5 Å². The standard InChI is InChI=1S/C15H16O/c16-14-8-4-7-13-11-15(13,14)10-9-12-5-2-1-3-6-12/h1-3,5-6,13-14,16H,4,7-8,11H2/t13-,14+,15+/m0/s1. The number of rotatable bonds is 0. The molecule has 0 spiro atoms. The Kier molecular flexibility index (Phi) is 2.26. The predicted molar refractivity (Wildman–Crippen MR) is 63.7 cm³/mol. The Balaban J connectivity index is 1.83. The van der Waals surface area contributed by atoms with Crippen LogP contribution >= 0.6 is 0 Å². The fraction of sp³-hybridized carbons (Fsp3) is 0.467. The van der Waals surface area contributed by atoms with Gasteiger partial charge in [0, 0.05) is 5.56 Å². The smallest absolute Gasteiger partial charge is 0.0708 e. The Labute approximate surface area is 96.5 Å². The van der Waals surface area contributed by atoms with Crippen LogP contribution in [0.2, 0.25) is 0 Å². The Morgan fingerprint density at radius 3 is 2.75 bits per heavy atom. The van der Waals surface area contributed by atoms with Crippen LogP contribution in [-0.4, -0.2) is 11.2 Å². The third kappa shape index (κ3) is 1.54. The molecule has 0 aliphatic heterocycles. The maximum absolute atomic E-state index is 10.0. The highest BCUT2D eigenvalue weighted by Crippen LogP contribution is 2.60. The van der Waals surface area contributed by atoms with Crippen LogP contribution in [0.1, 0.15) is 31.2 Å². The van der Waals surface area contributed by atoms with Gasteiger partial charge in [-0.15, -0.1) is 0 Å². The number of fused-ring (bicyclic) bond motifs is 1. The lowest BCUT2D eigenvalue weighted by molar-refractivity contribution is 0.0848. The number of hydrogen-bond acceptors (Lipinski definition) is 1. The highest BCUT2D eigenvalue weighted by atomic mass is 16.3. The molecular weight excluding hydrogens is 196 g/mol. The first-order valence-electron chi connectivity index (χ1n) is 6.07. The second kappa shape index (κ2) is 3.64. The molecule has 0 radical (unpaired) electrons. The van der Waals surface area contributed by atoms with E-state index in [1.807, 2.05) is 30.3 Å². The molecule has 2 aliphatic carbocycles. The van der Waals surface area contributed by atoms with Crippen LogP contribution in [0.15, 0.2) is 30.3 Å². The summed E-state index contributed by atoms with van der Waals surface area (Å²) in [6.45, 7) is 0. The minimum Gasteiger partial charge on any atom is -0.392 e. The maximum atomic E-state index is 10.0. The van der Waals surface area contributed by atoms with Crippen molar-refractivity contribution in [2.75, 3.05) is 0 Å². The van der Waals surface area contributed by atoms with Crippen molar-refractivity contribution in [3.05, 3.63) is 35.9 Å². The van der Waals surface area contributed by atoms with Crippen LogP contribution < -0.4 is 0 Å². The fourth-order valence-electron chi connectivity index (χ4n) is 2.88. The van der Waals surface area contributed by atoms with Gasteiger partial charge < -0.3 is 5.11 Å². The van der Waals surface area contributed by atoms with Crippen LogP contribution in [0.4, 0.5) is 0 Å². The third-order valence-corrected chi connectivity index (χ3v) is 3.99. The van der Waals surface area contributed by atoms with Crippen LogP contribution in [0.25, 0.3) is 0 Å². The molecule has 1 N–H and O–H groups in total. The summed E-state index contributed by atoms with van der Waals surface area (Å²) >= 11 is 0. The highest BCUT2D eigenvalue weighted by Gasteiger charge is 2.59. The molecule has 1 aromatic carbocycles. The summed E-state index contributed by atoms with van der Waals surface area (Å²) in [5.41, 5.74) is 1.01. The van der Waals surface area contributed by atoms with Crippen molar-refractivity contribution >= 4 is 0 Å². The van der Waals surface area contributed by atoms with Gasteiger partial charge in [0.1, 0.15) is 0 Å². The minimum atomic E-state index is -0.192. The van der Waals surface area contributed by atoms with E-state index in [4.69, 9.17) is 0 Å². The van der Waals surface area contributed by atoms with Gasteiger partial charge in [-0.05, 0) is 37.3 Å². The molecule has 1 aromatic rings. The molecule has 0 saturated heterocycles. The van der Waals surface area contributed by atoms with Crippen LogP contribution in [0, 0.1) is 23.2 Å². The van der Waals surface area contributed by atoms with Crippen molar-refractivity contribution in [2.45, 2.75) is 31.8 Å². The second-order valence-electron chi connectivity index (χ2n) is 5.00. The second-order valence-corrected chi connectivity index (χ2v) is 5.00. The predicted octanol–water partition coefficient (Wildman–Crippen LogP) is 2.59. The lowest BCUT2D eigenvalue weighted by Gasteiger charge is -2.23. The van der Waals surface area contributed by atoms with Gasteiger partial charge in [0.15, 0.2) is 0 Å². The normalized spacial score (nSPS) is 35.8. The lowest BCUT2D eigenvalue weighted by Crippen LogP contribution is -2.25. The zero-order chi connectivity index (χ0) is 11.0. The zero-order valence-electron chi connectivity index (χ0n) is 9.32. The molecule has 3 atom stereocenters. The molecule has 16 heavy (non-hydrogen) atoms. The summed E-state index contributed by atoms with van der Waals surface area (Å²) in [5, 5.41) is 10.0. The molecule has 3 rings (SSSR count). The molecule has 0 bridgehead atoms.